The molecule has 0 radical (unpaired) electrons. The molecule has 0 aromatic heterocycles. The summed E-state index contributed by atoms with van der Waals surface area (Å²) in [5, 5.41) is 10.4. The number of para-hydroxylation sites is 1. The molecule has 3 rings (SSSR count). The molecule has 0 saturated carbocycles. The highest BCUT2D eigenvalue weighted by Crippen LogP contribution is 2.32. The predicted molar refractivity (Wildman–Crippen MR) is 121 cm³/mol. The van der Waals surface area contributed by atoms with Gasteiger partial charge in [0.05, 0.1) is 6.54 Å². The van der Waals surface area contributed by atoms with Gasteiger partial charge in [-0.1, -0.05) is 61.8 Å². The summed E-state index contributed by atoms with van der Waals surface area (Å²) in [6.07, 6.45) is 0.467. The van der Waals surface area contributed by atoms with Gasteiger partial charge in [0.1, 0.15) is 0 Å². The number of amides is 1. The zero-order valence-corrected chi connectivity index (χ0v) is 18.0. The summed E-state index contributed by atoms with van der Waals surface area (Å²) in [7, 11) is 0. The number of halogens is 1. The topological polar surface area (TPSA) is 65.5 Å². The fraction of sp³-hybridized carbons (Fsp3) is 0.391. The van der Waals surface area contributed by atoms with E-state index in [9.17, 15) is 4.79 Å². The maximum absolute atomic E-state index is 12.1. The lowest BCUT2D eigenvalue weighted by molar-refractivity contribution is -0.116. The zero-order chi connectivity index (χ0) is 20.9. The largest absolute Gasteiger partial charge is 0.357 e. The third-order valence-electron chi connectivity index (χ3n) is 5.20. The molecule has 0 fully saturated rings. The van der Waals surface area contributed by atoms with Crippen molar-refractivity contribution in [1.82, 2.24) is 10.6 Å². The average molecular weight is 413 g/mol. The van der Waals surface area contributed by atoms with Crippen LogP contribution in [-0.4, -0.2) is 31.5 Å². The molecule has 154 valence electrons. The van der Waals surface area contributed by atoms with Gasteiger partial charge in [-0.3, -0.25) is 9.79 Å². The molecule has 1 heterocycles. The Morgan fingerprint density at radius 3 is 2.66 bits per heavy atom. The Labute approximate surface area is 178 Å². The van der Waals surface area contributed by atoms with Gasteiger partial charge in [0.25, 0.3) is 0 Å². The molecule has 0 saturated heterocycles. The number of carbonyl (C=O) groups is 1. The summed E-state index contributed by atoms with van der Waals surface area (Å²) < 4.78 is 0. The van der Waals surface area contributed by atoms with Crippen molar-refractivity contribution in [1.29, 1.82) is 0 Å². The van der Waals surface area contributed by atoms with Crippen molar-refractivity contribution in [3.8, 4) is 0 Å². The second-order valence-corrected chi connectivity index (χ2v) is 8.38. The van der Waals surface area contributed by atoms with Crippen LogP contribution < -0.4 is 16.0 Å². The van der Waals surface area contributed by atoms with Crippen molar-refractivity contribution in [3.05, 3.63) is 64.7 Å². The van der Waals surface area contributed by atoms with Crippen molar-refractivity contribution < 1.29 is 4.79 Å². The maximum atomic E-state index is 12.1. The van der Waals surface area contributed by atoms with Gasteiger partial charge in [-0.05, 0) is 30.2 Å². The van der Waals surface area contributed by atoms with Gasteiger partial charge in [0, 0.05) is 41.6 Å². The third-order valence-corrected chi connectivity index (χ3v) is 5.53. The number of aliphatic imine (C=N–C) groups is 1. The Morgan fingerprint density at radius 1 is 1.17 bits per heavy atom. The monoisotopic (exact) mass is 412 g/mol. The van der Waals surface area contributed by atoms with Crippen LogP contribution >= 0.6 is 11.6 Å². The van der Waals surface area contributed by atoms with E-state index in [0.717, 1.165) is 34.3 Å². The minimum atomic E-state index is -0.196. The molecule has 6 heteroatoms. The number of hydrogen-bond donors (Lipinski definition) is 3. The molecule has 3 N–H and O–H groups in total. The maximum Gasteiger partial charge on any atom is 0.225 e. The first kappa shape index (κ1) is 21.2. The molecule has 1 aliphatic rings. The Morgan fingerprint density at radius 2 is 1.90 bits per heavy atom. The molecule has 29 heavy (non-hydrogen) atoms. The number of guanidine groups is 1. The van der Waals surface area contributed by atoms with Crippen LogP contribution in [0.3, 0.4) is 0 Å². The number of rotatable bonds is 6. The molecule has 1 unspecified atom stereocenters. The van der Waals surface area contributed by atoms with Crippen molar-refractivity contribution in [2.45, 2.75) is 38.5 Å². The molecular weight excluding hydrogens is 384 g/mol. The van der Waals surface area contributed by atoms with Gasteiger partial charge in [0.2, 0.25) is 5.91 Å². The second-order valence-electron chi connectivity index (χ2n) is 7.98. The summed E-state index contributed by atoms with van der Waals surface area (Å²) in [6, 6.07) is 15.9. The van der Waals surface area contributed by atoms with E-state index in [2.05, 4.69) is 41.9 Å². The van der Waals surface area contributed by atoms with E-state index in [1.165, 1.54) is 0 Å². The van der Waals surface area contributed by atoms with Crippen LogP contribution in [-0.2, 0) is 10.2 Å². The number of nitrogens with zero attached hydrogens (tertiary/aromatic N) is 1. The van der Waals surface area contributed by atoms with Gasteiger partial charge in [-0.25, -0.2) is 0 Å². The minimum absolute atomic E-state index is 0.0530. The van der Waals surface area contributed by atoms with Crippen LogP contribution in [0.4, 0.5) is 5.69 Å². The van der Waals surface area contributed by atoms with Crippen molar-refractivity contribution >= 4 is 29.2 Å². The average Bonchev–Trinajstić information content (AvgIpc) is 2.70. The smallest absolute Gasteiger partial charge is 0.225 e. The minimum Gasteiger partial charge on any atom is -0.357 e. The summed E-state index contributed by atoms with van der Waals surface area (Å²) in [4.78, 5) is 16.9. The fourth-order valence-electron chi connectivity index (χ4n) is 3.62. The number of carbonyl (C=O) groups excluding carboxylic acids is 1. The lowest BCUT2D eigenvalue weighted by Gasteiger charge is -2.27. The lowest BCUT2D eigenvalue weighted by atomic mass is 9.85. The van der Waals surface area contributed by atoms with E-state index < -0.39 is 0 Å². The van der Waals surface area contributed by atoms with Gasteiger partial charge < -0.3 is 16.0 Å². The first-order chi connectivity index (χ1) is 13.9. The Hall–Kier alpha value is -2.53. The highest BCUT2D eigenvalue weighted by atomic mass is 35.5. The quantitative estimate of drug-likeness (QED) is 0.489. The van der Waals surface area contributed by atoms with E-state index in [0.29, 0.717) is 19.5 Å². The number of benzene rings is 2. The number of nitrogens with one attached hydrogen (secondary N) is 3. The highest BCUT2D eigenvalue weighted by molar-refractivity contribution is 6.31. The normalized spacial score (nSPS) is 16.8. The van der Waals surface area contributed by atoms with Gasteiger partial charge in [-0.15, -0.1) is 0 Å². The van der Waals surface area contributed by atoms with Gasteiger partial charge in [0.15, 0.2) is 5.96 Å². The van der Waals surface area contributed by atoms with Gasteiger partial charge in [-0.2, -0.15) is 0 Å². The van der Waals surface area contributed by atoms with Gasteiger partial charge >= 0.3 is 0 Å². The van der Waals surface area contributed by atoms with E-state index in [4.69, 9.17) is 16.6 Å². The molecule has 1 aliphatic heterocycles. The standard InChI is InChI=1S/C23H29ClN4O/c1-4-25-22(27-15-23(2,3)18-10-6-7-11-19(18)24)26-14-16-13-21(29)28-20-12-8-5-9-17(16)20/h5-12,16H,4,13-15H2,1-3H3,(H,28,29)(H2,25,26,27). The number of anilines is 1. The molecule has 1 atom stereocenters. The molecule has 0 spiro atoms. The number of hydrogen-bond acceptors (Lipinski definition) is 2. The summed E-state index contributed by atoms with van der Waals surface area (Å²) in [6.45, 7) is 8.32. The fourth-order valence-corrected chi connectivity index (χ4v) is 4.01. The van der Waals surface area contributed by atoms with Crippen LogP contribution in [0.25, 0.3) is 0 Å². The second kappa shape index (κ2) is 9.31. The molecule has 0 bridgehead atoms. The first-order valence-electron chi connectivity index (χ1n) is 10.1. The molecule has 2 aromatic rings. The Kier molecular flexibility index (Phi) is 6.80. The highest BCUT2D eigenvalue weighted by Gasteiger charge is 2.25. The van der Waals surface area contributed by atoms with Crippen LogP contribution in [0.5, 0.6) is 0 Å². The zero-order valence-electron chi connectivity index (χ0n) is 17.3. The van der Waals surface area contributed by atoms with Crippen molar-refractivity contribution in [3.63, 3.8) is 0 Å². The van der Waals surface area contributed by atoms with Crippen LogP contribution in [0.1, 0.15) is 44.2 Å². The van der Waals surface area contributed by atoms with E-state index in [-0.39, 0.29) is 17.2 Å². The molecule has 2 aromatic carbocycles. The van der Waals surface area contributed by atoms with E-state index in [1.54, 1.807) is 0 Å². The van der Waals surface area contributed by atoms with Crippen LogP contribution in [0, 0.1) is 0 Å². The summed E-state index contributed by atoms with van der Waals surface area (Å²) in [5.74, 6) is 0.911. The summed E-state index contributed by atoms with van der Waals surface area (Å²) >= 11 is 6.39. The first-order valence-corrected chi connectivity index (χ1v) is 10.4. The Bertz CT molecular complexity index is 894. The van der Waals surface area contributed by atoms with E-state index in [1.807, 2.05) is 43.3 Å². The Balaban J connectivity index is 1.71. The predicted octanol–water partition coefficient (Wildman–Crippen LogP) is 4.30. The van der Waals surface area contributed by atoms with Crippen LogP contribution in [0.2, 0.25) is 5.02 Å². The SMILES string of the molecule is CCNC(=NCC(C)(C)c1ccccc1Cl)NCC1CC(=O)Nc2ccccc21. The van der Waals surface area contributed by atoms with Crippen molar-refractivity contribution in [2.75, 3.05) is 25.0 Å². The number of fused-ring (bicyclic) bond motifs is 1. The summed E-state index contributed by atoms with van der Waals surface area (Å²) in [5.41, 5.74) is 2.95. The lowest BCUT2D eigenvalue weighted by Crippen LogP contribution is -2.41. The van der Waals surface area contributed by atoms with E-state index >= 15 is 0 Å². The molecule has 0 aliphatic carbocycles. The van der Waals surface area contributed by atoms with Crippen LogP contribution in [0.15, 0.2) is 53.5 Å². The molecule has 1 amide bonds. The van der Waals surface area contributed by atoms with Crippen molar-refractivity contribution in [2.24, 2.45) is 4.99 Å². The molecular formula is C23H29ClN4O. The molecule has 5 nitrogen and oxygen atoms in total. The third kappa shape index (κ3) is 5.30.